The average molecular weight is 286 g/mol. The van der Waals surface area contributed by atoms with E-state index in [1.165, 1.54) is 21.8 Å². The van der Waals surface area contributed by atoms with E-state index in [0.717, 1.165) is 12.8 Å². The molecule has 6 nitrogen and oxygen atoms in total. The van der Waals surface area contributed by atoms with E-state index in [1.807, 2.05) is 0 Å². The van der Waals surface area contributed by atoms with Crippen LogP contribution in [0.15, 0.2) is 6.20 Å². The molecule has 0 saturated carbocycles. The summed E-state index contributed by atoms with van der Waals surface area (Å²) in [6.45, 7) is 1.41. The van der Waals surface area contributed by atoms with Crippen LogP contribution in [0.2, 0.25) is 0 Å². The van der Waals surface area contributed by atoms with Gasteiger partial charge in [0.15, 0.2) is 5.13 Å². The Morgan fingerprint density at radius 3 is 2.89 bits per heavy atom. The highest BCUT2D eigenvalue weighted by atomic mass is 32.2. The molecule has 0 aliphatic carbocycles. The maximum atomic E-state index is 12.0. The molecule has 2 rings (SSSR count). The lowest BCUT2D eigenvalue weighted by Crippen LogP contribution is -2.33. The van der Waals surface area contributed by atoms with Gasteiger partial charge in [0.25, 0.3) is 0 Å². The Labute approximate surface area is 110 Å². The molecule has 0 atom stereocenters. The average Bonchev–Trinajstić information content (AvgIpc) is 2.96. The minimum absolute atomic E-state index is 0.271. The second-order valence-electron chi connectivity index (χ2n) is 3.75. The van der Waals surface area contributed by atoms with Crippen LogP contribution in [-0.2, 0) is 10.2 Å². The van der Waals surface area contributed by atoms with Gasteiger partial charge in [-0.15, -0.1) is 0 Å². The molecule has 1 aliphatic heterocycles. The normalized spacial score (nSPS) is 16.3. The van der Waals surface area contributed by atoms with Crippen molar-refractivity contribution >= 4 is 26.7 Å². The fraction of sp³-hybridized carbons (Fsp3) is 0.500. The summed E-state index contributed by atoms with van der Waals surface area (Å²) in [6, 6.07) is 0. The molecular formula is C10H14N4O2S2. The molecular weight excluding hydrogens is 272 g/mol. The third-order valence-electron chi connectivity index (χ3n) is 2.44. The molecule has 1 saturated heterocycles. The highest BCUT2D eigenvalue weighted by molar-refractivity contribution is 7.90. The van der Waals surface area contributed by atoms with Gasteiger partial charge in [-0.1, -0.05) is 23.2 Å². The van der Waals surface area contributed by atoms with Crippen molar-refractivity contribution in [3.8, 4) is 11.8 Å². The van der Waals surface area contributed by atoms with Crippen molar-refractivity contribution in [1.82, 2.24) is 9.29 Å². The standard InChI is InChI=1S/C10H14N4O2S2/c11-5-3-4-9-8-12-10(17-9)13-18(15,16)14-6-1-2-7-14/h8H,1-2,5-7,11H2,(H,12,13). The van der Waals surface area contributed by atoms with Gasteiger partial charge in [-0.2, -0.15) is 12.7 Å². The first-order chi connectivity index (χ1) is 8.62. The van der Waals surface area contributed by atoms with Crippen molar-refractivity contribution in [3.05, 3.63) is 11.1 Å². The van der Waals surface area contributed by atoms with Gasteiger partial charge in [-0.05, 0) is 12.8 Å². The molecule has 1 aromatic heterocycles. The number of nitrogens with zero attached hydrogens (tertiary/aromatic N) is 2. The van der Waals surface area contributed by atoms with E-state index < -0.39 is 10.2 Å². The summed E-state index contributed by atoms with van der Waals surface area (Å²) in [5.41, 5.74) is 5.26. The number of thiazole rings is 1. The van der Waals surface area contributed by atoms with Gasteiger partial charge in [0.2, 0.25) is 0 Å². The summed E-state index contributed by atoms with van der Waals surface area (Å²) < 4.78 is 27.8. The number of nitrogens with one attached hydrogen (secondary N) is 1. The van der Waals surface area contributed by atoms with E-state index in [0.29, 0.717) is 23.1 Å². The molecule has 1 aromatic rings. The molecule has 2 heterocycles. The minimum Gasteiger partial charge on any atom is -0.320 e. The molecule has 98 valence electrons. The Morgan fingerprint density at radius 1 is 1.50 bits per heavy atom. The zero-order valence-electron chi connectivity index (χ0n) is 9.72. The van der Waals surface area contributed by atoms with Crippen LogP contribution < -0.4 is 10.5 Å². The summed E-state index contributed by atoms with van der Waals surface area (Å²) in [5, 5.41) is 0.336. The van der Waals surface area contributed by atoms with E-state index >= 15 is 0 Å². The van der Waals surface area contributed by atoms with Crippen LogP contribution in [0.25, 0.3) is 0 Å². The SMILES string of the molecule is NCC#Cc1cnc(NS(=O)(=O)N2CCCC2)s1. The molecule has 1 aliphatic rings. The van der Waals surface area contributed by atoms with Crippen LogP contribution in [0.4, 0.5) is 5.13 Å². The summed E-state index contributed by atoms with van der Waals surface area (Å²) in [6.07, 6.45) is 3.35. The van der Waals surface area contributed by atoms with Gasteiger partial charge >= 0.3 is 10.2 Å². The Balaban J connectivity index is 2.06. The fourth-order valence-electron chi connectivity index (χ4n) is 1.62. The van der Waals surface area contributed by atoms with E-state index in [2.05, 4.69) is 21.5 Å². The lowest BCUT2D eigenvalue weighted by molar-refractivity contribution is 0.482. The van der Waals surface area contributed by atoms with Gasteiger partial charge in [-0.25, -0.2) is 9.71 Å². The Hall–Kier alpha value is -1.14. The number of anilines is 1. The van der Waals surface area contributed by atoms with Crippen LogP contribution in [0, 0.1) is 11.8 Å². The quantitative estimate of drug-likeness (QED) is 0.777. The summed E-state index contributed by atoms with van der Waals surface area (Å²) in [7, 11) is -3.46. The molecule has 0 unspecified atom stereocenters. The van der Waals surface area contributed by atoms with Crippen LogP contribution in [0.5, 0.6) is 0 Å². The van der Waals surface area contributed by atoms with Gasteiger partial charge in [-0.3, -0.25) is 0 Å². The van der Waals surface area contributed by atoms with Crippen molar-refractivity contribution < 1.29 is 8.42 Å². The molecule has 0 amide bonds. The number of hydrogen-bond donors (Lipinski definition) is 2. The Kier molecular flexibility index (Phi) is 4.19. The van der Waals surface area contributed by atoms with Crippen molar-refractivity contribution in [2.45, 2.75) is 12.8 Å². The van der Waals surface area contributed by atoms with Gasteiger partial charge in [0.1, 0.15) is 0 Å². The molecule has 0 aromatic carbocycles. The summed E-state index contributed by atoms with van der Waals surface area (Å²) in [5.74, 6) is 5.51. The van der Waals surface area contributed by atoms with Gasteiger partial charge < -0.3 is 5.73 Å². The van der Waals surface area contributed by atoms with E-state index in [4.69, 9.17) is 5.73 Å². The lowest BCUT2D eigenvalue weighted by Gasteiger charge is -2.14. The molecule has 8 heteroatoms. The first kappa shape index (κ1) is 13.3. The number of nitrogens with two attached hydrogens (primary N) is 1. The maximum absolute atomic E-state index is 12.0. The second kappa shape index (κ2) is 5.67. The molecule has 0 spiro atoms. The van der Waals surface area contributed by atoms with Crippen LogP contribution in [0.1, 0.15) is 17.7 Å². The molecule has 3 N–H and O–H groups in total. The third-order valence-corrected chi connectivity index (χ3v) is 4.89. The lowest BCUT2D eigenvalue weighted by atomic mass is 10.4. The monoisotopic (exact) mass is 286 g/mol. The molecule has 18 heavy (non-hydrogen) atoms. The fourth-order valence-corrected chi connectivity index (χ4v) is 3.79. The minimum atomic E-state index is -3.46. The first-order valence-corrected chi connectivity index (χ1v) is 7.80. The van der Waals surface area contributed by atoms with E-state index in [9.17, 15) is 8.42 Å². The number of rotatable bonds is 3. The number of aromatic nitrogens is 1. The maximum Gasteiger partial charge on any atom is 0.303 e. The van der Waals surface area contributed by atoms with Crippen LogP contribution in [-0.4, -0.2) is 37.3 Å². The predicted molar refractivity (Wildman–Crippen MR) is 71.4 cm³/mol. The molecule has 0 radical (unpaired) electrons. The van der Waals surface area contributed by atoms with E-state index in [1.54, 1.807) is 0 Å². The Morgan fingerprint density at radius 2 is 2.22 bits per heavy atom. The largest absolute Gasteiger partial charge is 0.320 e. The Bertz CT molecular complexity index is 564. The highest BCUT2D eigenvalue weighted by Crippen LogP contribution is 2.21. The van der Waals surface area contributed by atoms with Crippen LogP contribution in [0.3, 0.4) is 0 Å². The zero-order valence-corrected chi connectivity index (χ0v) is 11.4. The highest BCUT2D eigenvalue weighted by Gasteiger charge is 2.25. The van der Waals surface area contributed by atoms with Crippen LogP contribution >= 0.6 is 11.3 Å². The topological polar surface area (TPSA) is 88.3 Å². The number of hydrogen-bond acceptors (Lipinski definition) is 5. The summed E-state index contributed by atoms with van der Waals surface area (Å²) >= 11 is 1.20. The van der Waals surface area contributed by atoms with Gasteiger partial charge in [0, 0.05) is 13.1 Å². The molecule has 1 fully saturated rings. The van der Waals surface area contributed by atoms with Gasteiger partial charge in [0.05, 0.1) is 17.6 Å². The van der Waals surface area contributed by atoms with Crippen molar-refractivity contribution in [2.75, 3.05) is 24.4 Å². The first-order valence-electron chi connectivity index (χ1n) is 5.54. The third kappa shape index (κ3) is 3.20. The second-order valence-corrected chi connectivity index (χ2v) is 6.45. The predicted octanol–water partition coefficient (Wildman–Crippen LogP) is 0.206. The van der Waals surface area contributed by atoms with Crippen molar-refractivity contribution in [1.29, 1.82) is 0 Å². The van der Waals surface area contributed by atoms with E-state index in [-0.39, 0.29) is 6.54 Å². The summed E-state index contributed by atoms with van der Waals surface area (Å²) in [4.78, 5) is 4.68. The van der Waals surface area contributed by atoms with Crippen molar-refractivity contribution in [3.63, 3.8) is 0 Å². The smallest absolute Gasteiger partial charge is 0.303 e. The van der Waals surface area contributed by atoms with Crippen molar-refractivity contribution in [2.24, 2.45) is 5.73 Å². The zero-order chi connectivity index (χ0) is 13.0. The molecule has 0 bridgehead atoms.